The van der Waals surface area contributed by atoms with Crippen molar-refractivity contribution >= 4 is 23.7 Å². The number of unbranched alkanes of at least 4 members (excludes halogenated alkanes) is 1. The van der Waals surface area contributed by atoms with Crippen molar-refractivity contribution in [3.63, 3.8) is 0 Å². The molecule has 10 nitrogen and oxygen atoms in total. The summed E-state index contributed by atoms with van der Waals surface area (Å²) in [6.45, 7) is 0.153. The summed E-state index contributed by atoms with van der Waals surface area (Å²) in [5, 5.41) is 13.8. The number of nitrogens with two attached hydrogens (primary N) is 3. The first-order chi connectivity index (χ1) is 10.8. The summed E-state index contributed by atoms with van der Waals surface area (Å²) in [5.74, 6) is -3.13. The topological polar surface area (TPSA) is 191 Å². The number of carboxylic acid groups (broad SMARTS) is 1. The lowest BCUT2D eigenvalue weighted by molar-refractivity contribution is -0.142. The fourth-order valence-corrected chi connectivity index (χ4v) is 1.83. The molecule has 0 spiro atoms. The third-order valence-corrected chi connectivity index (χ3v) is 3.08. The molecule has 0 saturated heterocycles. The van der Waals surface area contributed by atoms with Gasteiger partial charge in [-0.05, 0) is 32.2 Å². The van der Waals surface area contributed by atoms with Gasteiger partial charge in [0.25, 0.3) is 0 Å². The van der Waals surface area contributed by atoms with Gasteiger partial charge in [-0.2, -0.15) is 0 Å². The van der Waals surface area contributed by atoms with Gasteiger partial charge in [0.15, 0.2) is 0 Å². The molecule has 0 radical (unpaired) electrons. The number of nitrogens with one attached hydrogen (secondary N) is 2. The molecule has 132 valence electrons. The van der Waals surface area contributed by atoms with Crippen molar-refractivity contribution in [2.75, 3.05) is 13.1 Å². The molecule has 0 aliphatic carbocycles. The highest BCUT2D eigenvalue weighted by molar-refractivity contribution is 5.91. The average molecular weight is 331 g/mol. The fraction of sp³-hybridized carbons (Fsp3) is 0.692. The standard InChI is InChI=1S/C13H25N5O5/c14-6-2-1-3-8(17-11(20)7-15)12(21)18-9(13(22)23)4-5-10(16)19/h8-9H,1-7,14-15H2,(H2,16,19)(H,17,20)(H,18,21)(H,22,23)/t8-,9-/m0/s1. The average Bonchev–Trinajstić information content (AvgIpc) is 2.49. The van der Waals surface area contributed by atoms with Crippen LogP contribution in [0.2, 0.25) is 0 Å². The molecule has 2 atom stereocenters. The first-order valence-corrected chi connectivity index (χ1v) is 7.32. The van der Waals surface area contributed by atoms with Crippen LogP contribution in [0, 0.1) is 0 Å². The zero-order chi connectivity index (χ0) is 17.8. The molecule has 3 amide bonds. The highest BCUT2D eigenvalue weighted by Crippen LogP contribution is 2.04. The molecule has 0 bridgehead atoms. The monoisotopic (exact) mass is 331 g/mol. The molecule has 0 aliphatic rings. The van der Waals surface area contributed by atoms with E-state index in [9.17, 15) is 19.2 Å². The van der Waals surface area contributed by atoms with Crippen LogP contribution in [0.4, 0.5) is 0 Å². The fourth-order valence-electron chi connectivity index (χ4n) is 1.83. The molecular weight excluding hydrogens is 306 g/mol. The minimum absolute atomic E-state index is 0.128. The summed E-state index contributed by atoms with van der Waals surface area (Å²) >= 11 is 0. The van der Waals surface area contributed by atoms with E-state index < -0.39 is 35.8 Å². The van der Waals surface area contributed by atoms with E-state index in [0.717, 1.165) is 0 Å². The van der Waals surface area contributed by atoms with E-state index in [0.29, 0.717) is 25.8 Å². The Morgan fingerprint density at radius 1 is 0.957 bits per heavy atom. The molecule has 0 aliphatic heterocycles. The maximum Gasteiger partial charge on any atom is 0.326 e. The van der Waals surface area contributed by atoms with Gasteiger partial charge in [0.2, 0.25) is 17.7 Å². The molecule has 0 heterocycles. The normalized spacial score (nSPS) is 13.0. The quantitative estimate of drug-likeness (QED) is 0.211. The van der Waals surface area contributed by atoms with Crippen molar-refractivity contribution in [3.8, 4) is 0 Å². The highest BCUT2D eigenvalue weighted by Gasteiger charge is 2.26. The number of hydrogen-bond acceptors (Lipinski definition) is 6. The van der Waals surface area contributed by atoms with Crippen molar-refractivity contribution in [3.05, 3.63) is 0 Å². The van der Waals surface area contributed by atoms with Crippen LogP contribution in [0.5, 0.6) is 0 Å². The predicted octanol–water partition coefficient (Wildman–Crippen LogP) is -2.61. The smallest absolute Gasteiger partial charge is 0.326 e. The van der Waals surface area contributed by atoms with Gasteiger partial charge in [0.1, 0.15) is 12.1 Å². The van der Waals surface area contributed by atoms with Gasteiger partial charge in [-0.15, -0.1) is 0 Å². The van der Waals surface area contributed by atoms with E-state index in [-0.39, 0.29) is 19.4 Å². The van der Waals surface area contributed by atoms with Crippen LogP contribution in [0.3, 0.4) is 0 Å². The van der Waals surface area contributed by atoms with E-state index >= 15 is 0 Å². The lowest BCUT2D eigenvalue weighted by Gasteiger charge is -2.21. The Morgan fingerprint density at radius 3 is 2.09 bits per heavy atom. The summed E-state index contributed by atoms with van der Waals surface area (Å²) in [6, 6.07) is -2.17. The molecule has 0 unspecified atom stereocenters. The summed E-state index contributed by atoms with van der Waals surface area (Å²) in [7, 11) is 0. The van der Waals surface area contributed by atoms with Gasteiger partial charge in [0, 0.05) is 6.42 Å². The third-order valence-electron chi connectivity index (χ3n) is 3.08. The van der Waals surface area contributed by atoms with E-state index in [1.807, 2.05) is 0 Å². The number of primary amides is 1. The van der Waals surface area contributed by atoms with Crippen molar-refractivity contribution in [2.45, 2.75) is 44.2 Å². The molecule has 0 aromatic carbocycles. The van der Waals surface area contributed by atoms with Gasteiger partial charge in [-0.1, -0.05) is 0 Å². The van der Waals surface area contributed by atoms with Crippen molar-refractivity contribution in [2.24, 2.45) is 17.2 Å². The minimum Gasteiger partial charge on any atom is -0.480 e. The summed E-state index contributed by atoms with van der Waals surface area (Å²) < 4.78 is 0. The first kappa shape index (κ1) is 20.8. The van der Waals surface area contributed by atoms with Gasteiger partial charge < -0.3 is 32.9 Å². The molecule has 9 N–H and O–H groups in total. The number of carbonyl (C=O) groups is 4. The zero-order valence-corrected chi connectivity index (χ0v) is 12.9. The number of carboxylic acids is 1. The lowest BCUT2D eigenvalue weighted by atomic mass is 10.1. The van der Waals surface area contributed by atoms with Crippen LogP contribution >= 0.6 is 0 Å². The number of amides is 3. The second-order valence-corrected chi connectivity index (χ2v) is 5.01. The molecule has 23 heavy (non-hydrogen) atoms. The SMILES string of the molecule is NCCCC[C@H](NC(=O)CN)C(=O)N[C@@H](CCC(N)=O)C(=O)O. The minimum atomic E-state index is -1.29. The Kier molecular flexibility index (Phi) is 10.3. The highest BCUT2D eigenvalue weighted by atomic mass is 16.4. The van der Waals surface area contributed by atoms with Gasteiger partial charge in [0.05, 0.1) is 6.54 Å². The van der Waals surface area contributed by atoms with Crippen LogP contribution < -0.4 is 27.8 Å². The van der Waals surface area contributed by atoms with Gasteiger partial charge in [-0.25, -0.2) is 4.79 Å². The Hall–Kier alpha value is -2.20. The van der Waals surface area contributed by atoms with E-state index in [1.165, 1.54) is 0 Å². The van der Waals surface area contributed by atoms with Crippen molar-refractivity contribution in [1.82, 2.24) is 10.6 Å². The molecule has 0 aromatic heterocycles. The number of carbonyl (C=O) groups excluding carboxylic acids is 3. The largest absolute Gasteiger partial charge is 0.480 e. The molecule has 0 fully saturated rings. The second kappa shape index (κ2) is 11.4. The van der Waals surface area contributed by atoms with Crippen LogP contribution in [-0.2, 0) is 19.2 Å². The summed E-state index contributed by atoms with van der Waals surface area (Å²) in [4.78, 5) is 45.4. The maximum atomic E-state index is 12.2. The van der Waals surface area contributed by atoms with E-state index in [2.05, 4.69) is 10.6 Å². The van der Waals surface area contributed by atoms with Crippen molar-refractivity contribution in [1.29, 1.82) is 0 Å². The second-order valence-electron chi connectivity index (χ2n) is 5.01. The molecule has 10 heteroatoms. The molecule has 0 aromatic rings. The molecule has 0 saturated carbocycles. The maximum absolute atomic E-state index is 12.2. The van der Waals surface area contributed by atoms with E-state index in [4.69, 9.17) is 22.3 Å². The number of rotatable bonds is 12. The van der Waals surface area contributed by atoms with Crippen LogP contribution in [-0.4, -0.2) is 54.0 Å². The first-order valence-electron chi connectivity index (χ1n) is 7.32. The van der Waals surface area contributed by atoms with Crippen LogP contribution in [0.15, 0.2) is 0 Å². The Bertz CT molecular complexity index is 429. The predicted molar refractivity (Wildman–Crippen MR) is 81.9 cm³/mol. The Balaban J connectivity index is 4.76. The van der Waals surface area contributed by atoms with Crippen LogP contribution in [0.1, 0.15) is 32.1 Å². The van der Waals surface area contributed by atoms with Crippen molar-refractivity contribution < 1.29 is 24.3 Å². The summed E-state index contributed by atoms with van der Waals surface area (Å²) in [5.41, 5.74) is 15.5. The molecular formula is C13H25N5O5. The summed E-state index contributed by atoms with van der Waals surface area (Å²) in [6.07, 6.45) is 1.24. The number of aliphatic carboxylic acids is 1. The Labute approximate surface area is 134 Å². The third kappa shape index (κ3) is 9.42. The number of hydrogen-bond donors (Lipinski definition) is 6. The van der Waals surface area contributed by atoms with Gasteiger partial charge in [-0.3, -0.25) is 14.4 Å². The Morgan fingerprint density at radius 2 is 1.61 bits per heavy atom. The molecule has 0 rings (SSSR count). The van der Waals surface area contributed by atoms with E-state index in [1.54, 1.807) is 0 Å². The zero-order valence-electron chi connectivity index (χ0n) is 12.9. The lowest BCUT2D eigenvalue weighted by Crippen LogP contribution is -2.52. The van der Waals surface area contributed by atoms with Gasteiger partial charge >= 0.3 is 5.97 Å². The van der Waals surface area contributed by atoms with Crippen LogP contribution in [0.25, 0.3) is 0 Å².